The van der Waals surface area contributed by atoms with Gasteiger partial charge in [-0.3, -0.25) is 9.52 Å². The van der Waals surface area contributed by atoms with Crippen molar-refractivity contribution in [1.82, 2.24) is 20.2 Å². The van der Waals surface area contributed by atoms with Gasteiger partial charge in [0.15, 0.2) is 0 Å². The van der Waals surface area contributed by atoms with Gasteiger partial charge in [0.1, 0.15) is 17.0 Å². The van der Waals surface area contributed by atoms with E-state index in [1.807, 2.05) is 0 Å². The number of piperidine rings is 1. The minimum absolute atomic E-state index is 0.166. The van der Waals surface area contributed by atoms with Gasteiger partial charge in [0.2, 0.25) is 21.9 Å². The molecule has 1 amide bonds. The van der Waals surface area contributed by atoms with Gasteiger partial charge in [-0.15, -0.1) is 0 Å². The monoisotopic (exact) mass is 639 g/mol. The van der Waals surface area contributed by atoms with Crippen LogP contribution in [0.3, 0.4) is 0 Å². The van der Waals surface area contributed by atoms with E-state index < -0.39 is 32.8 Å². The van der Waals surface area contributed by atoms with Gasteiger partial charge in [-0.25, -0.2) is 27.2 Å². The molecule has 2 aliphatic heterocycles. The van der Waals surface area contributed by atoms with Crippen molar-refractivity contribution in [2.75, 3.05) is 42.1 Å². The third-order valence-electron chi connectivity index (χ3n) is 9.24. The number of hydrogen-bond donors (Lipinski definition) is 3. The first-order chi connectivity index (χ1) is 21.5. The summed E-state index contributed by atoms with van der Waals surface area (Å²) in [6.45, 7) is 1.36. The Kier molecular flexibility index (Phi) is 8.77. The second-order valence-electron chi connectivity index (χ2n) is 12.6. The fourth-order valence-corrected chi connectivity index (χ4v) is 7.99. The predicted molar refractivity (Wildman–Crippen MR) is 169 cm³/mol. The van der Waals surface area contributed by atoms with Crippen molar-refractivity contribution < 1.29 is 22.0 Å². The SMILES string of the molecule is CN(C)C1CCC(Nc2ncc3c(n2)C2(CCCNC2)C(=O)N(c2ccc(NS(=O)(=O)Cc4ccc(F)cc4)c(F)c2)C3)CC1. The lowest BCUT2D eigenvalue weighted by molar-refractivity contribution is -0.125. The summed E-state index contributed by atoms with van der Waals surface area (Å²) in [5.41, 5.74) is 1.01. The molecule has 10 nitrogen and oxygen atoms in total. The molecule has 3 heterocycles. The number of amides is 1. The van der Waals surface area contributed by atoms with E-state index >= 15 is 4.39 Å². The van der Waals surface area contributed by atoms with Crippen molar-refractivity contribution in [3.63, 3.8) is 0 Å². The lowest BCUT2D eigenvalue weighted by Crippen LogP contribution is -2.58. The van der Waals surface area contributed by atoms with Crippen LogP contribution in [0.4, 0.5) is 26.1 Å². The van der Waals surface area contributed by atoms with Gasteiger partial charge in [-0.2, -0.15) is 0 Å². The van der Waals surface area contributed by atoms with E-state index in [2.05, 4.69) is 39.3 Å². The lowest BCUT2D eigenvalue weighted by atomic mass is 9.72. The number of carbonyl (C=O) groups excluding carboxylic acids is 1. The molecule has 0 bridgehead atoms. The highest BCUT2D eigenvalue weighted by Crippen LogP contribution is 2.41. The average Bonchev–Trinajstić information content (AvgIpc) is 3.02. The summed E-state index contributed by atoms with van der Waals surface area (Å²) in [5.74, 6) is -1.39. The van der Waals surface area contributed by atoms with Gasteiger partial charge in [0, 0.05) is 36.1 Å². The van der Waals surface area contributed by atoms with Crippen LogP contribution in [0.5, 0.6) is 0 Å². The minimum Gasteiger partial charge on any atom is -0.351 e. The molecular formula is C32H39F2N7O3S. The number of carbonyl (C=O) groups is 1. The normalized spacial score (nSPS) is 23.7. The van der Waals surface area contributed by atoms with Crippen molar-refractivity contribution in [3.8, 4) is 0 Å². The molecule has 2 aromatic carbocycles. The van der Waals surface area contributed by atoms with Crippen LogP contribution in [0.25, 0.3) is 0 Å². The maximum absolute atomic E-state index is 15.4. The standard InChI is InChI=1S/C32H39F2N7O3S/c1-40(2)25-10-8-24(9-11-25)37-31-36-17-22-18-41(30(42)32(29(22)38-31)14-3-15-35-20-32)26-12-13-28(27(34)16-26)39-45(43,44)19-21-4-6-23(33)7-5-21/h4-7,12-13,16-17,24-25,35,39H,3,8-11,14-15,18-20H2,1-2H3,(H,36,37,38). The van der Waals surface area contributed by atoms with E-state index in [4.69, 9.17) is 4.98 Å². The van der Waals surface area contributed by atoms with Crippen LogP contribution in [0.1, 0.15) is 55.3 Å². The van der Waals surface area contributed by atoms with Gasteiger partial charge in [0.25, 0.3) is 0 Å². The van der Waals surface area contributed by atoms with E-state index in [-0.39, 0.29) is 24.2 Å². The Morgan fingerprint density at radius 2 is 1.84 bits per heavy atom. The summed E-state index contributed by atoms with van der Waals surface area (Å²) >= 11 is 0. The highest BCUT2D eigenvalue weighted by molar-refractivity contribution is 7.91. The third-order valence-corrected chi connectivity index (χ3v) is 10.5. The number of nitrogens with zero attached hydrogens (tertiary/aromatic N) is 4. The number of hydrogen-bond acceptors (Lipinski definition) is 8. The molecule has 1 aliphatic carbocycles. The summed E-state index contributed by atoms with van der Waals surface area (Å²) in [6, 6.07) is 9.93. The summed E-state index contributed by atoms with van der Waals surface area (Å²) in [5, 5.41) is 6.88. The summed E-state index contributed by atoms with van der Waals surface area (Å²) in [7, 11) is 0.251. The van der Waals surface area contributed by atoms with E-state index in [9.17, 15) is 17.6 Å². The Hall–Kier alpha value is -3.68. The van der Waals surface area contributed by atoms with Gasteiger partial charge in [-0.05, 0) is 95.1 Å². The molecule has 3 N–H and O–H groups in total. The molecule has 240 valence electrons. The van der Waals surface area contributed by atoms with Crippen LogP contribution in [0, 0.1) is 11.6 Å². The smallest absolute Gasteiger partial charge is 0.240 e. The summed E-state index contributed by atoms with van der Waals surface area (Å²) in [6.07, 6.45) is 7.38. The second-order valence-corrected chi connectivity index (χ2v) is 14.3. The first-order valence-electron chi connectivity index (χ1n) is 15.4. The molecule has 1 aromatic heterocycles. The van der Waals surface area contributed by atoms with Crippen LogP contribution in [-0.2, 0) is 32.5 Å². The predicted octanol–water partition coefficient (Wildman–Crippen LogP) is 4.15. The van der Waals surface area contributed by atoms with E-state index in [0.717, 1.165) is 44.2 Å². The summed E-state index contributed by atoms with van der Waals surface area (Å²) < 4.78 is 56.3. The van der Waals surface area contributed by atoms with Crippen LogP contribution < -0.4 is 20.3 Å². The molecule has 45 heavy (non-hydrogen) atoms. The van der Waals surface area contributed by atoms with Crippen LogP contribution >= 0.6 is 0 Å². The molecule has 2 fully saturated rings. The van der Waals surface area contributed by atoms with Gasteiger partial charge >= 0.3 is 0 Å². The second kappa shape index (κ2) is 12.6. The Morgan fingerprint density at radius 3 is 2.51 bits per heavy atom. The molecule has 1 unspecified atom stereocenters. The zero-order chi connectivity index (χ0) is 31.8. The number of aromatic nitrogens is 2. The Bertz CT molecular complexity index is 1660. The largest absolute Gasteiger partial charge is 0.351 e. The van der Waals surface area contributed by atoms with Gasteiger partial charge in [0.05, 0.1) is 23.7 Å². The maximum atomic E-state index is 15.4. The van der Waals surface area contributed by atoms with Crippen molar-refractivity contribution in [1.29, 1.82) is 0 Å². The average molecular weight is 640 g/mol. The number of fused-ring (bicyclic) bond motifs is 2. The molecule has 1 saturated carbocycles. The number of rotatable bonds is 8. The minimum atomic E-state index is -3.98. The van der Waals surface area contributed by atoms with Crippen molar-refractivity contribution >= 4 is 33.3 Å². The Labute approximate surface area is 262 Å². The number of benzene rings is 2. The zero-order valence-corrected chi connectivity index (χ0v) is 26.3. The highest BCUT2D eigenvalue weighted by atomic mass is 32.2. The van der Waals surface area contributed by atoms with Gasteiger partial charge < -0.3 is 20.4 Å². The molecule has 1 atom stereocenters. The fraction of sp³-hybridized carbons (Fsp3) is 0.469. The number of nitrogens with one attached hydrogen (secondary N) is 3. The topological polar surface area (TPSA) is 120 Å². The zero-order valence-electron chi connectivity index (χ0n) is 25.5. The highest BCUT2D eigenvalue weighted by Gasteiger charge is 2.50. The Morgan fingerprint density at radius 1 is 1.09 bits per heavy atom. The van der Waals surface area contributed by atoms with Crippen LogP contribution in [0.2, 0.25) is 0 Å². The first kappa shape index (κ1) is 31.3. The maximum Gasteiger partial charge on any atom is 0.240 e. The summed E-state index contributed by atoms with van der Waals surface area (Å²) in [4.78, 5) is 27.6. The first-order valence-corrected chi connectivity index (χ1v) is 17.0. The van der Waals surface area contributed by atoms with E-state index in [1.54, 1.807) is 6.20 Å². The quantitative estimate of drug-likeness (QED) is 0.337. The van der Waals surface area contributed by atoms with Crippen molar-refractivity contribution in [2.45, 2.75) is 68.3 Å². The number of anilines is 3. The van der Waals surface area contributed by atoms with E-state index in [0.29, 0.717) is 41.9 Å². The number of halogens is 2. The lowest BCUT2D eigenvalue weighted by Gasteiger charge is -2.44. The van der Waals surface area contributed by atoms with Crippen molar-refractivity contribution in [2.24, 2.45) is 0 Å². The van der Waals surface area contributed by atoms with E-state index in [1.165, 1.54) is 47.4 Å². The molecule has 3 aliphatic rings. The molecule has 0 radical (unpaired) electrons. The molecule has 13 heteroatoms. The van der Waals surface area contributed by atoms with Crippen LogP contribution in [0.15, 0.2) is 48.7 Å². The van der Waals surface area contributed by atoms with Crippen LogP contribution in [-0.4, -0.2) is 68.5 Å². The third kappa shape index (κ3) is 6.66. The molecule has 1 spiro atoms. The molecule has 6 rings (SSSR count). The molecular weight excluding hydrogens is 600 g/mol. The molecule has 1 saturated heterocycles. The number of sulfonamides is 1. The van der Waals surface area contributed by atoms with Gasteiger partial charge in [-0.1, -0.05) is 12.1 Å². The van der Waals surface area contributed by atoms with Crippen molar-refractivity contribution in [3.05, 3.63) is 77.1 Å². The Balaban J connectivity index is 1.22. The fourth-order valence-electron chi connectivity index (χ4n) is 6.78. The molecule has 3 aromatic rings.